The Morgan fingerprint density at radius 1 is 1.20 bits per heavy atom. The average Bonchev–Trinajstić information content (AvgIpc) is 2.66. The van der Waals surface area contributed by atoms with Gasteiger partial charge in [-0.2, -0.15) is 0 Å². The molecule has 0 saturated carbocycles. The summed E-state index contributed by atoms with van der Waals surface area (Å²) in [6.45, 7) is 0.662. The predicted molar refractivity (Wildman–Crippen MR) is 56.3 cm³/mol. The quantitative estimate of drug-likeness (QED) is 0.734. The summed E-state index contributed by atoms with van der Waals surface area (Å²) in [5, 5.41) is 11.7. The molecule has 2 rings (SSSR count). The van der Waals surface area contributed by atoms with Crippen LogP contribution in [0.15, 0.2) is 35.2 Å². The lowest BCUT2D eigenvalue weighted by atomic mass is 10.3. The molecule has 4 nitrogen and oxygen atoms in total. The molecule has 1 saturated heterocycles. The first-order valence-electron chi connectivity index (χ1n) is 4.80. The summed E-state index contributed by atoms with van der Waals surface area (Å²) in [5.74, 6) is 0. The van der Waals surface area contributed by atoms with Crippen LogP contribution in [0.4, 0.5) is 0 Å². The van der Waals surface area contributed by atoms with Crippen LogP contribution in [-0.2, 0) is 9.84 Å². The fourth-order valence-electron chi connectivity index (χ4n) is 1.74. The number of aliphatic hydroxyl groups excluding tert-OH is 1. The summed E-state index contributed by atoms with van der Waals surface area (Å²) in [4.78, 5) is 0.276. The van der Waals surface area contributed by atoms with Crippen LogP contribution in [0.5, 0.6) is 0 Å². The van der Waals surface area contributed by atoms with E-state index in [2.05, 4.69) is 5.32 Å². The monoisotopic (exact) mass is 227 g/mol. The molecule has 1 fully saturated rings. The predicted octanol–water partition coefficient (Wildman–Crippen LogP) is -0.207. The second-order valence-corrected chi connectivity index (χ2v) is 5.79. The Morgan fingerprint density at radius 2 is 1.87 bits per heavy atom. The first kappa shape index (κ1) is 10.6. The van der Waals surface area contributed by atoms with E-state index < -0.39 is 21.2 Å². The highest BCUT2D eigenvalue weighted by molar-refractivity contribution is 7.92. The number of benzene rings is 1. The lowest BCUT2D eigenvalue weighted by Gasteiger charge is -2.14. The molecule has 1 aromatic carbocycles. The maximum absolute atomic E-state index is 12.0. The third kappa shape index (κ3) is 1.90. The molecule has 5 heteroatoms. The van der Waals surface area contributed by atoms with E-state index in [9.17, 15) is 13.5 Å². The van der Waals surface area contributed by atoms with E-state index >= 15 is 0 Å². The van der Waals surface area contributed by atoms with Crippen molar-refractivity contribution in [2.45, 2.75) is 16.2 Å². The molecule has 0 amide bonds. The first-order chi connectivity index (χ1) is 7.12. The van der Waals surface area contributed by atoms with Crippen molar-refractivity contribution in [2.24, 2.45) is 0 Å². The molecule has 1 aliphatic rings. The second kappa shape index (κ2) is 3.92. The van der Waals surface area contributed by atoms with Gasteiger partial charge in [-0.25, -0.2) is 8.42 Å². The van der Waals surface area contributed by atoms with Crippen molar-refractivity contribution < 1.29 is 13.5 Å². The Bertz CT molecular complexity index is 429. The van der Waals surface area contributed by atoms with Crippen LogP contribution in [0.3, 0.4) is 0 Å². The Hall–Kier alpha value is -0.910. The highest BCUT2D eigenvalue weighted by Gasteiger charge is 2.37. The Morgan fingerprint density at radius 3 is 2.40 bits per heavy atom. The summed E-state index contributed by atoms with van der Waals surface area (Å²) in [6, 6.07) is 8.24. The third-order valence-corrected chi connectivity index (χ3v) is 4.81. The van der Waals surface area contributed by atoms with E-state index in [-0.39, 0.29) is 4.90 Å². The van der Waals surface area contributed by atoms with Crippen LogP contribution < -0.4 is 5.32 Å². The molecule has 1 aromatic rings. The van der Waals surface area contributed by atoms with Crippen molar-refractivity contribution in [1.82, 2.24) is 5.32 Å². The molecular weight excluding hydrogens is 214 g/mol. The maximum atomic E-state index is 12.0. The largest absolute Gasteiger partial charge is 0.390 e. The van der Waals surface area contributed by atoms with Gasteiger partial charge in [0, 0.05) is 13.1 Å². The molecule has 82 valence electrons. The second-order valence-electron chi connectivity index (χ2n) is 3.62. The highest BCUT2D eigenvalue weighted by Crippen LogP contribution is 2.20. The Kier molecular flexibility index (Phi) is 2.77. The lowest BCUT2D eigenvalue weighted by Crippen LogP contribution is -2.32. The summed E-state index contributed by atoms with van der Waals surface area (Å²) >= 11 is 0. The molecule has 1 aliphatic heterocycles. The SMILES string of the molecule is O=S(=O)(c1ccccc1)C1CNCC1O. The number of hydrogen-bond donors (Lipinski definition) is 2. The summed E-state index contributed by atoms with van der Waals surface area (Å²) < 4.78 is 24.1. The number of sulfone groups is 1. The van der Waals surface area contributed by atoms with Gasteiger partial charge in [-0.1, -0.05) is 18.2 Å². The fraction of sp³-hybridized carbons (Fsp3) is 0.400. The Labute approximate surface area is 88.9 Å². The van der Waals surface area contributed by atoms with E-state index in [1.807, 2.05) is 0 Å². The summed E-state index contributed by atoms with van der Waals surface area (Å²) in [6.07, 6.45) is -0.810. The van der Waals surface area contributed by atoms with Gasteiger partial charge < -0.3 is 10.4 Å². The zero-order valence-electron chi connectivity index (χ0n) is 8.13. The van der Waals surface area contributed by atoms with Crippen molar-refractivity contribution >= 4 is 9.84 Å². The molecule has 0 aromatic heterocycles. The van der Waals surface area contributed by atoms with Gasteiger partial charge in [-0.05, 0) is 12.1 Å². The van der Waals surface area contributed by atoms with Gasteiger partial charge in [0.2, 0.25) is 0 Å². The van der Waals surface area contributed by atoms with Crippen LogP contribution >= 0.6 is 0 Å². The van der Waals surface area contributed by atoms with Gasteiger partial charge in [0.15, 0.2) is 9.84 Å². The van der Waals surface area contributed by atoms with Crippen molar-refractivity contribution in [2.75, 3.05) is 13.1 Å². The molecule has 15 heavy (non-hydrogen) atoms. The molecule has 0 bridgehead atoms. The van der Waals surface area contributed by atoms with E-state index in [4.69, 9.17) is 0 Å². The number of β-amino-alcohol motifs (C(OH)–C–C–N with tert-alkyl or cyclic N) is 1. The molecule has 2 unspecified atom stereocenters. The van der Waals surface area contributed by atoms with Gasteiger partial charge in [0.25, 0.3) is 0 Å². The molecule has 2 N–H and O–H groups in total. The van der Waals surface area contributed by atoms with E-state index in [0.717, 1.165) is 0 Å². The molecular formula is C10H13NO3S. The van der Waals surface area contributed by atoms with Crippen molar-refractivity contribution in [1.29, 1.82) is 0 Å². The first-order valence-corrected chi connectivity index (χ1v) is 6.35. The number of nitrogens with one attached hydrogen (secondary N) is 1. The van der Waals surface area contributed by atoms with E-state index in [1.54, 1.807) is 30.3 Å². The normalized spacial score (nSPS) is 26.7. The molecule has 0 aliphatic carbocycles. The van der Waals surface area contributed by atoms with E-state index in [0.29, 0.717) is 13.1 Å². The number of hydrogen-bond acceptors (Lipinski definition) is 4. The summed E-state index contributed by atoms with van der Waals surface area (Å²) in [7, 11) is -3.40. The molecule has 2 atom stereocenters. The lowest BCUT2D eigenvalue weighted by molar-refractivity contribution is 0.198. The van der Waals surface area contributed by atoms with Gasteiger partial charge in [0.1, 0.15) is 5.25 Å². The van der Waals surface area contributed by atoms with Crippen molar-refractivity contribution in [3.8, 4) is 0 Å². The third-order valence-electron chi connectivity index (χ3n) is 2.60. The van der Waals surface area contributed by atoms with Gasteiger partial charge >= 0.3 is 0 Å². The van der Waals surface area contributed by atoms with Crippen LogP contribution in [0.2, 0.25) is 0 Å². The molecule has 0 radical (unpaired) electrons. The van der Waals surface area contributed by atoms with Gasteiger partial charge in [-0.3, -0.25) is 0 Å². The smallest absolute Gasteiger partial charge is 0.185 e. The van der Waals surface area contributed by atoms with Crippen LogP contribution in [0, 0.1) is 0 Å². The minimum absolute atomic E-state index is 0.276. The maximum Gasteiger partial charge on any atom is 0.185 e. The van der Waals surface area contributed by atoms with E-state index in [1.165, 1.54) is 0 Å². The standard InChI is InChI=1S/C10H13NO3S/c12-9-6-11-7-10(9)15(13,14)8-4-2-1-3-5-8/h1-5,9-12H,6-7H2. The van der Waals surface area contributed by atoms with Crippen LogP contribution in [-0.4, -0.2) is 38.0 Å². The molecule has 0 spiro atoms. The zero-order valence-corrected chi connectivity index (χ0v) is 8.94. The minimum atomic E-state index is -3.40. The zero-order chi connectivity index (χ0) is 10.9. The summed E-state index contributed by atoms with van der Waals surface area (Å²) in [5.41, 5.74) is 0. The minimum Gasteiger partial charge on any atom is -0.390 e. The van der Waals surface area contributed by atoms with Crippen molar-refractivity contribution in [3.63, 3.8) is 0 Å². The fourth-order valence-corrected chi connectivity index (χ4v) is 3.48. The van der Waals surface area contributed by atoms with Gasteiger partial charge in [-0.15, -0.1) is 0 Å². The Balaban J connectivity index is 2.35. The number of aliphatic hydroxyl groups is 1. The number of rotatable bonds is 2. The van der Waals surface area contributed by atoms with Gasteiger partial charge in [0.05, 0.1) is 11.0 Å². The van der Waals surface area contributed by atoms with Crippen molar-refractivity contribution in [3.05, 3.63) is 30.3 Å². The average molecular weight is 227 g/mol. The topological polar surface area (TPSA) is 66.4 Å². The van der Waals surface area contributed by atoms with Crippen LogP contribution in [0.1, 0.15) is 0 Å². The van der Waals surface area contributed by atoms with Crippen LogP contribution in [0.25, 0.3) is 0 Å². The molecule has 1 heterocycles. The highest BCUT2D eigenvalue weighted by atomic mass is 32.2.